The van der Waals surface area contributed by atoms with Crippen LogP contribution in [0.2, 0.25) is 0 Å². The molecule has 0 saturated heterocycles. The Bertz CT molecular complexity index is 919. The highest BCUT2D eigenvalue weighted by Gasteiger charge is 2.34. The normalized spacial score (nSPS) is 12.2. The molecule has 0 spiro atoms. The van der Waals surface area contributed by atoms with E-state index in [2.05, 4.69) is 20.9 Å². The maximum absolute atomic E-state index is 11.7. The van der Waals surface area contributed by atoms with Crippen molar-refractivity contribution >= 4 is 21.7 Å². The average Bonchev–Trinajstić information content (AvgIpc) is 2.95. The average molecular weight is 372 g/mol. The van der Waals surface area contributed by atoms with Gasteiger partial charge in [-0.15, -0.1) is 0 Å². The maximum Gasteiger partial charge on any atom is 0.356 e. The van der Waals surface area contributed by atoms with E-state index in [0.29, 0.717) is 28.5 Å². The topological polar surface area (TPSA) is 70.2 Å². The molecule has 0 atom stereocenters. The van der Waals surface area contributed by atoms with Crippen molar-refractivity contribution in [3.8, 4) is 22.7 Å². The van der Waals surface area contributed by atoms with Crippen molar-refractivity contribution in [2.45, 2.75) is 6.61 Å². The number of nitrogens with zero attached hydrogens (tertiary/aromatic N) is 3. The van der Waals surface area contributed by atoms with Crippen LogP contribution in [0.3, 0.4) is 0 Å². The van der Waals surface area contributed by atoms with Crippen LogP contribution in [-0.2, 0) is 6.61 Å². The quantitative estimate of drug-likeness (QED) is 0.502. The Kier molecular flexibility index (Phi) is 3.16. The lowest BCUT2D eigenvalue weighted by Gasteiger charge is -2.14. The van der Waals surface area contributed by atoms with Gasteiger partial charge in [0.1, 0.15) is 0 Å². The molecule has 4 rings (SSSR count). The monoisotopic (exact) mass is 371 g/mol. The first-order valence-electron chi connectivity index (χ1n) is 6.89. The van der Waals surface area contributed by atoms with Gasteiger partial charge in [0.2, 0.25) is 5.82 Å². The summed E-state index contributed by atoms with van der Waals surface area (Å²) >= 11 is 3.36. The molecule has 114 valence electrons. The lowest BCUT2D eigenvalue weighted by atomic mass is 10.1. The third-order valence-corrected chi connectivity index (χ3v) is 4.20. The first-order chi connectivity index (χ1) is 11.1. The molecule has 0 unspecified atom stereocenters. The predicted molar refractivity (Wildman–Crippen MR) is 87.7 cm³/mol. The molecular formula is C16H10BrN3O3. The zero-order valence-electron chi connectivity index (χ0n) is 11.8. The van der Waals surface area contributed by atoms with E-state index in [1.54, 1.807) is 28.8 Å². The van der Waals surface area contributed by atoms with Crippen molar-refractivity contribution < 1.29 is 9.66 Å². The minimum Gasteiger partial charge on any atom is -0.479 e. The lowest BCUT2D eigenvalue weighted by molar-refractivity contribution is -0.390. The molecule has 0 bridgehead atoms. The Labute approximate surface area is 139 Å². The van der Waals surface area contributed by atoms with Gasteiger partial charge in [-0.2, -0.15) is 4.57 Å². The Morgan fingerprint density at radius 2 is 1.91 bits per heavy atom. The first kappa shape index (κ1) is 14.0. The van der Waals surface area contributed by atoms with Crippen molar-refractivity contribution in [2.75, 3.05) is 0 Å². The van der Waals surface area contributed by atoms with Crippen LogP contribution in [0.25, 0.3) is 16.9 Å². The molecule has 0 N–H and O–H groups in total. The first-order valence-corrected chi connectivity index (χ1v) is 7.68. The Hall–Kier alpha value is -2.67. The van der Waals surface area contributed by atoms with Crippen LogP contribution in [0, 0.1) is 10.1 Å². The largest absolute Gasteiger partial charge is 0.479 e. The van der Waals surface area contributed by atoms with Crippen molar-refractivity contribution in [1.29, 1.82) is 0 Å². The van der Waals surface area contributed by atoms with Gasteiger partial charge in [-0.25, -0.2) is 4.98 Å². The van der Waals surface area contributed by atoms with E-state index in [1.165, 1.54) is 0 Å². The fraction of sp³-hybridized carbons (Fsp3) is 0.0625. The molecule has 2 aromatic carbocycles. The highest BCUT2D eigenvalue weighted by Crippen LogP contribution is 2.39. The summed E-state index contributed by atoms with van der Waals surface area (Å²) in [6, 6.07) is 14.5. The summed E-state index contributed by atoms with van der Waals surface area (Å²) in [5.74, 6) is 1.09. The van der Waals surface area contributed by atoms with Crippen LogP contribution in [0.1, 0.15) is 5.82 Å². The number of halogens is 1. The maximum atomic E-state index is 11.7. The van der Waals surface area contributed by atoms with Gasteiger partial charge in [0.25, 0.3) is 0 Å². The number of para-hydroxylation sites is 2. The fourth-order valence-electron chi connectivity index (χ4n) is 2.68. The number of nitro groups is 1. The standard InChI is InChI=1S/C16H10BrN3O3/c17-11-7-5-10(6-8-11)15-16(20(21)22)19-12-3-1-2-4-13(12)23-9-14(19)18-15/h1-8H,9H2. The molecule has 1 aromatic heterocycles. The van der Waals surface area contributed by atoms with E-state index in [9.17, 15) is 10.1 Å². The van der Waals surface area contributed by atoms with Crippen molar-refractivity contribution in [1.82, 2.24) is 9.55 Å². The number of aromatic nitrogens is 2. The second-order valence-electron chi connectivity index (χ2n) is 5.06. The molecule has 0 amide bonds. The molecule has 0 fully saturated rings. The van der Waals surface area contributed by atoms with Gasteiger partial charge in [0, 0.05) is 10.0 Å². The molecule has 1 aliphatic heterocycles. The van der Waals surface area contributed by atoms with Gasteiger partial charge in [-0.1, -0.05) is 40.2 Å². The zero-order valence-corrected chi connectivity index (χ0v) is 13.4. The summed E-state index contributed by atoms with van der Waals surface area (Å²) in [6.07, 6.45) is 0. The minimum atomic E-state index is -0.393. The van der Waals surface area contributed by atoms with E-state index in [-0.39, 0.29) is 12.4 Å². The van der Waals surface area contributed by atoms with Crippen LogP contribution >= 0.6 is 15.9 Å². The van der Waals surface area contributed by atoms with Crippen LogP contribution in [0.15, 0.2) is 53.0 Å². The highest BCUT2D eigenvalue weighted by molar-refractivity contribution is 9.10. The lowest BCUT2D eigenvalue weighted by Crippen LogP contribution is -2.14. The van der Waals surface area contributed by atoms with Gasteiger partial charge < -0.3 is 14.9 Å². The Morgan fingerprint density at radius 3 is 2.65 bits per heavy atom. The molecule has 23 heavy (non-hydrogen) atoms. The summed E-state index contributed by atoms with van der Waals surface area (Å²) in [5.41, 5.74) is 1.67. The molecule has 3 aromatic rings. The van der Waals surface area contributed by atoms with Crippen molar-refractivity contribution in [2.24, 2.45) is 0 Å². The predicted octanol–water partition coefficient (Wildman–Crippen LogP) is 4.10. The number of ether oxygens (including phenoxy) is 1. The summed E-state index contributed by atoms with van der Waals surface area (Å²) in [6.45, 7) is 0.203. The number of fused-ring (bicyclic) bond motifs is 3. The number of rotatable bonds is 2. The van der Waals surface area contributed by atoms with Crippen LogP contribution < -0.4 is 4.74 Å². The molecule has 2 heterocycles. The molecule has 7 heteroatoms. The third kappa shape index (κ3) is 2.20. The number of hydrogen-bond acceptors (Lipinski definition) is 4. The third-order valence-electron chi connectivity index (χ3n) is 3.68. The highest BCUT2D eigenvalue weighted by atomic mass is 79.9. The van der Waals surface area contributed by atoms with E-state index in [4.69, 9.17) is 4.74 Å². The van der Waals surface area contributed by atoms with Gasteiger partial charge in [0.05, 0.1) is 0 Å². The fourth-order valence-corrected chi connectivity index (χ4v) is 2.95. The minimum absolute atomic E-state index is 0.0435. The number of hydrogen-bond donors (Lipinski definition) is 0. The van der Waals surface area contributed by atoms with Crippen molar-refractivity contribution in [3.63, 3.8) is 0 Å². The van der Waals surface area contributed by atoms with Crippen LogP contribution in [-0.4, -0.2) is 14.5 Å². The van der Waals surface area contributed by atoms with Gasteiger partial charge in [-0.3, -0.25) is 0 Å². The SMILES string of the molecule is O=[N+]([O-])c1c(-c2ccc(Br)cc2)nc2n1-c1ccccc1OC2. The molecule has 0 saturated carbocycles. The summed E-state index contributed by atoms with van der Waals surface area (Å²) in [4.78, 5) is 15.8. The molecule has 0 aliphatic carbocycles. The van der Waals surface area contributed by atoms with Gasteiger partial charge in [-0.05, 0) is 29.2 Å². The summed E-state index contributed by atoms with van der Waals surface area (Å²) in [5, 5.41) is 11.7. The molecular weight excluding hydrogens is 362 g/mol. The van der Waals surface area contributed by atoms with Crippen molar-refractivity contribution in [3.05, 3.63) is 68.9 Å². The van der Waals surface area contributed by atoms with E-state index in [0.717, 1.165) is 4.47 Å². The number of imidazole rings is 1. The van der Waals surface area contributed by atoms with E-state index in [1.807, 2.05) is 24.3 Å². The second kappa shape index (κ2) is 5.20. The summed E-state index contributed by atoms with van der Waals surface area (Å²) in [7, 11) is 0. The van der Waals surface area contributed by atoms with Crippen LogP contribution in [0.4, 0.5) is 5.82 Å². The summed E-state index contributed by atoms with van der Waals surface area (Å²) < 4.78 is 8.11. The van der Waals surface area contributed by atoms with Gasteiger partial charge in [0.15, 0.2) is 23.7 Å². The zero-order chi connectivity index (χ0) is 16.0. The molecule has 1 aliphatic rings. The number of benzene rings is 2. The smallest absolute Gasteiger partial charge is 0.356 e. The second-order valence-corrected chi connectivity index (χ2v) is 5.97. The molecule has 0 radical (unpaired) electrons. The Morgan fingerprint density at radius 1 is 1.17 bits per heavy atom. The van der Waals surface area contributed by atoms with E-state index < -0.39 is 4.92 Å². The molecule has 6 nitrogen and oxygen atoms in total. The van der Waals surface area contributed by atoms with Gasteiger partial charge >= 0.3 is 5.82 Å². The van der Waals surface area contributed by atoms with Crippen LogP contribution in [0.5, 0.6) is 5.75 Å². The van der Waals surface area contributed by atoms with E-state index >= 15 is 0 Å². The Balaban J connectivity index is 1.99.